The van der Waals surface area contributed by atoms with Crippen molar-refractivity contribution in [1.29, 1.82) is 0 Å². The number of fused-ring (bicyclic) bond motifs is 1. The number of rotatable bonds is 13. The normalized spacial score (nSPS) is 13.5. The lowest BCUT2D eigenvalue weighted by atomic mass is 10.1. The van der Waals surface area contributed by atoms with Crippen LogP contribution in [-0.4, -0.2) is 60.3 Å². The molecule has 0 radical (unpaired) electrons. The zero-order chi connectivity index (χ0) is 33.5. The van der Waals surface area contributed by atoms with Crippen LogP contribution in [0.2, 0.25) is 5.02 Å². The predicted molar refractivity (Wildman–Crippen MR) is 188 cm³/mol. The van der Waals surface area contributed by atoms with E-state index in [1.807, 2.05) is 84.4 Å². The van der Waals surface area contributed by atoms with Crippen molar-refractivity contribution in [1.82, 2.24) is 14.5 Å². The summed E-state index contributed by atoms with van der Waals surface area (Å²) in [6.07, 6.45) is 0.753. The summed E-state index contributed by atoms with van der Waals surface area (Å²) in [6.45, 7) is 6.96. The van der Waals surface area contributed by atoms with Crippen molar-refractivity contribution in [2.45, 2.75) is 33.0 Å². The molecule has 1 aromatic heterocycles. The number of carbonyl (C=O) groups is 1. The molecule has 0 unspecified atom stereocenters. The van der Waals surface area contributed by atoms with Crippen LogP contribution in [0.1, 0.15) is 30.3 Å². The standard InChI is InChI=1S/C38H41ClN4O5/c1-4-45-38(44)18-8-28-7-13-32(24-36(28)47-25-27-5-9-29(39)10-6-27)46-26-37-40-34-17-16-33(23-35(34)42(37)3)48-31-14-11-30(12-15-31)43-21-19-41(2)20-22-43/h5-7,9-17,23-24H,4,8,18-22,25-26H2,1-3H3. The number of esters is 1. The summed E-state index contributed by atoms with van der Waals surface area (Å²) in [7, 11) is 4.14. The summed E-state index contributed by atoms with van der Waals surface area (Å²) >= 11 is 6.05. The van der Waals surface area contributed by atoms with E-state index < -0.39 is 0 Å². The Labute approximate surface area is 286 Å². The average molecular weight is 669 g/mol. The molecule has 0 saturated carbocycles. The minimum Gasteiger partial charge on any atom is -0.488 e. The number of likely N-dealkylation sites (N-methyl/N-ethyl adjacent to an activating group) is 1. The molecule has 1 fully saturated rings. The first-order chi connectivity index (χ1) is 23.3. The molecule has 250 valence electrons. The molecule has 10 heteroatoms. The molecule has 9 nitrogen and oxygen atoms in total. The molecule has 1 aliphatic rings. The molecule has 5 aromatic rings. The number of anilines is 1. The van der Waals surface area contributed by atoms with Gasteiger partial charge in [-0.1, -0.05) is 29.8 Å². The van der Waals surface area contributed by atoms with Crippen LogP contribution in [0.15, 0.2) is 84.9 Å². The second-order valence-electron chi connectivity index (χ2n) is 11.9. The van der Waals surface area contributed by atoms with Gasteiger partial charge in [-0.3, -0.25) is 4.79 Å². The number of hydrogen-bond donors (Lipinski definition) is 0. The fourth-order valence-electron chi connectivity index (χ4n) is 5.66. The van der Waals surface area contributed by atoms with Crippen LogP contribution < -0.4 is 19.1 Å². The van der Waals surface area contributed by atoms with Crippen LogP contribution in [0.25, 0.3) is 11.0 Å². The molecule has 0 aliphatic carbocycles. The van der Waals surface area contributed by atoms with E-state index in [4.69, 9.17) is 35.5 Å². The number of benzene rings is 4. The van der Waals surface area contributed by atoms with Crippen LogP contribution in [0.3, 0.4) is 0 Å². The minimum absolute atomic E-state index is 0.240. The highest BCUT2D eigenvalue weighted by Crippen LogP contribution is 2.30. The molecule has 0 N–H and O–H groups in total. The van der Waals surface area contributed by atoms with Crippen LogP contribution in [0, 0.1) is 0 Å². The smallest absolute Gasteiger partial charge is 0.306 e. The Bertz CT molecular complexity index is 1830. The highest BCUT2D eigenvalue weighted by Gasteiger charge is 2.16. The van der Waals surface area contributed by atoms with Gasteiger partial charge in [-0.05, 0) is 86.1 Å². The van der Waals surface area contributed by atoms with Gasteiger partial charge < -0.3 is 33.3 Å². The van der Waals surface area contributed by atoms with Crippen molar-refractivity contribution >= 4 is 34.3 Å². The lowest BCUT2D eigenvalue weighted by Crippen LogP contribution is -2.44. The molecule has 0 bridgehead atoms. The van der Waals surface area contributed by atoms with Crippen molar-refractivity contribution in [2.24, 2.45) is 7.05 Å². The largest absolute Gasteiger partial charge is 0.488 e. The van der Waals surface area contributed by atoms with E-state index >= 15 is 0 Å². The Morgan fingerprint density at radius 1 is 0.812 bits per heavy atom. The van der Waals surface area contributed by atoms with Crippen molar-refractivity contribution in [2.75, 3.05) is 44.7 Å². The fourth-order valence-corrected chi connectivity index (χ4v) is 5.79. The first kappa shape index (κ1) is 33.2. The zero-order valence-electron chi connectivity index (χ0n) is 27.7. The third-order valence-corrected chi connectivity index (χ3v) is 8.76. The van der Waals surface area contributed by atoms with Gasteiger partial charge in [0.1, 0.15) is 42.0 Å². The molecule has 6 rings (SSSR count). The SMILES string of the molecule is CCOC(=O)CCc1ccc(OCc2nc3ccc(Oc4ccc(N5CCN(C)CC5)cc4)cc3n2C)cc1OCc1ccc(Cl)cc1. The van der Waals surface area contributed by atoms with E-state index in [1.165, 1.54) is 5.69 Å². The summed E-state index contributed by atoms with van der Waals surface area (Å²) in [6, 6.07) is 27.4. The second-order valence-corrected chi connectivity index (χ2v) is 12.3. The van der Waals surface area contributed by atoms with Crippen molar-refractivity contribution in [3.05, 3.63) is 107 Å². The highest BCUT2D eigenvalue weighted by molar-refractivity contribution is 6.30. The fraction of sp³-hybridized carbons (Fsp3) is 0.316. The predicted octanol–water partition coefficient (Wildman–Crippen LogP) is 7.42. The molecular weight excluding hydrogens is 628 g/mol. The number of nitrogens with zero attached hydrogens (tertiary/aromatic N) is 4. The lowest BCUT2D eigenvalue weighted by Gasteiger charge is -2.34. The van der Waals surface area contributed by atoms with E-state index in [0.717, 1.165) is 65.7 Å². The Hall–Kier alpha value is -4.73. The van der Waals surface area contributed by atoms with Crippen LogP contribution in [0.5, 0.6) is 23.0 Å². The van der Waals surface area contributed by atoms with Gasteiger partial charge in [0.05, 0.1) is 17.6 Å². The topological polar surface area (TPSA) is 78.3 Å². The number of halogens is 1. The van der Waals surface area contributed by atoms with Gasteiger partial charge in [0.2, 0.25) is 0 Å². The van der Waals surface area contributed by atoms with Gasteiger partial charge in [-0.2, -0.15) is 0 Å². The number of ether oxygens (including phenoxy) is 4. The van der Waals surface area contributed by atoms with Gasteiger partial charge in [0.15, 0.2) is 0 Å². The molecule has 0 spiro atoms. The Kier molecular flexibility index (Phi) is 10.7. The number of aromatic nitrogens is 2. The van der Waals surface area contributed by atoms with E-state index in [1.54, 1.807) is 6.92 Å². The van der Waals surface area contributed by atoms with E-state index in [-0.39, 0.29) is 19.0 Å². The van der Waals surface area contributed by atoms with Gasteiger partial charge in [0, 0.05) is 62.5 Å². The number of aryl methyl sites for hydroxylation is 2. The molecule has 1 saturated heterocycles. The van der Waals surface area contributed by atoms with Crippen LogP contribution >= 0.6 is 11.6 Å². The first-order valence-corrected chi connectivity index (χ1v) is 16.7. The van der Waals surface area contributed by atoms with Crippen molar-refractivity contribution in [3.63, 3.8) is 0 Å². The molecule has 4 aromatic carbocycles. The maximum Gasteiger partial charge on any atom is 0.306 e. The van der Waals surface area contributed by atoms with Gasteiger partial charge in [-0.25, -0.2) is 4.98 Å². The third-order valence-electron chi connectivity index (χ3n) is 8.50. The zero-order valence-corrected chi connectivity index (χ0v) is 28.4. The summed E-state index contributed by atoms with van der Waals surface area (Å²) < 4.78 is 25.8. The number of imidazole rings is 1. The Morgan fingerprint density at radius 2 is 1.54 bits per heavy atom. The number of hydrogen-bond acceptors (Lipinski definition) is 8. The van der Waals surface area contributed by atoms with Crippen LogP contribution in [-0.2, 0) is 36.2 Å². The summed E-state index contributed by atoms with van der Waals surface area (Å²) in [5.74, 6) is 3.35. The first-order valence-electron chi connectivity index (χ1n) is 16.3. The second kappa shape index (κ2) is 15.4. The lowest BCUT2D eigenvalue weighted by molar-refractivity contribution is -0.143. The van der Waals surface area contributed by atoms with E-state index in [0.29, 0.717) is 36.2 Å². The molecule has 0 atom stereocenters. The molecule has 48 heavy (non-hydrogen) atoms. The molecule has 2 heterocycles. The van der Waals surface area contributed by atoms with Crippen molar-refractivity contribution < 1.29 is 23.7 Å². The van der Waals surface area contributed by atoms with Gasteiger partial charge in [0.25, 0.3) is 0 Å². The van der Waals surface area contributed by atoms with E-state index in [9.17, 15) is 4.79 Å². The Balaban J connectivity index is 1.12. The molecule has 1 aliphatic heterocycles. The van der Waals surface area contributed by atoms with Gasteiger partial charge in [-0.15, -0.1) is 0 Å². The Morgan fingerprint density at radius 3 is 2.29 bits per heavy atom. The van der Waals surface area contributed by atoms with Crippen LogP contribution in [0.4, 0.5) is 5.69 Å². The quantitative estimate of drug-likeness (QED) is 0.120. The maximum atomic E-state index is 12.0. The van der Waals surface area contributed by atoms with E-state index in [2.05, 4.69) is 29.0 Å². The number of piperazine rings is 1. The minimum atomic E-state index is -0.240. The van der Waals surface area contributed by atoms with Crippen molar-refractivity contribution in [3.8, 4) is 23.0 Å². The monoisotopic (exact) mass is 668 g/mol. The molecular formula is C38H41ClN4O5. The average Bonchev–Trinajstić information content (AvgIpc) is 3.41. The number of carbonyl (C=O) groups excluding carboxylic acids is 1. The van der Waals surface area contributed by atoms with Gasteiger partial charge >= 0.3 is 5.97 Å². The maximum absolute atomic E-state index is 12.0. The summed E-state index contributed by atoms with van der Waals surface area (Å²) in [5, 5.41) is 0.668. The summed E-state index contributed by atoms with van der Waals surface area (Å²) in [4.78, 5) is 21.6. The third kappa shape index (κ3) is 8.40. The highest BCUT2D eigenvalue weighted by atomic mass is 35.5. The molecule has 0 amide bonds. The summed E-state index contributed by atoms with van der Waals surface area (Å²) in [5.41, 5.74) is 4.90.